The van der Waals surface area contributed by atoms with Gasteiger partial charge in [0.1, 0.15) is 0 Å². The standard InChI is InChI=1S/C22H30N2O/c1-3-25-22(20-9-5-4-6-10-20)12-13-23-14-16-24(17-15-23)21-11-7-8-19(2)18-21/h4-11,18,22H,3,12-17H2,1-2H3. The Hall–Kier alpha value is -1.84. The fraction of sp³-hybridized carbons (Fsp3) is 0.455. The molecular weight excluding hydrogens is 308 g/mol. The number of nitrogens with zero attached hydrogens (tertiary/aromatic N) is 2. The minimum absolute atomic E-state index is 0.209. The number of hydrogen-bond acceptors (Lipinski definition) is 3. The van der Waals surface area contributed by atoms with Gasteiger partial charge in [-0.05, 0) is 43.5 Å². The van der Waals surface area contributed by atoms with Crippen molar-refractivity contribution in [2.45, 2.75) is 26.4 Å². The van der Waals surface area contributed by atoms with E-state index in [0.717, 1.165) is 45.8 Å². The molecule has 1 fully saturated rings. The second-order valence-electron chi connectivity index (χ2n) is 6.81. The maximum absolute atomic E-state index is 5.99. The van der Waals surface area contributed by atoms with Crippen molar-refractivity contribution in [3.8, 4) is 0 Å². The molecule has 1 aliphatic heterocycles. The summed E-state index contributed by atoms with van der Waals surface area (Å²) in [5.74, 6) is 0. The summed E-state index contributed by atoms with van der Waals surface area (Å²) in [6.07, 6.45) is 1.27. The van der Waals surface area contributed by atoms with Crippen LogP contribution in [0.1, 0.15) is 30.6 Å². The van der Waals surface area contributed by atoms with Crippen LogP contribution in [0.2, 0.25) is 0 Å². The molecule has 2 aromatic rings. The molecule has 3 rings (SSSR count). The van der Waals surface area contributed by atoms with Crippen LogP contribution in [0.15, 0.2) is 54.6 Å². The molecule has 0 aromatic heterocycles. The molecule has 0 radical (unpaired) electrons. The summed E-state index contributed by atoms with van der Waals surface area (Å²) < 4.78 is 5.99. The Morgan fingerprint density at radius 3 is 2.40 bits per heavy atom. The van der Waals surface area contributed by atoms with E-state index >= 15 is 0 Å². The highest BCUT2D eigenvalue weighted by molar-refractivity contribution is 5.48. The van der Waals surface area contributed by atoms with Crippen LogP contribution in [0.3, 0.4) is 0 Å². The van der Waals surface area contributed by atoms with Gasteiger partial charge in [-0.15, -0.1) is 0 Å². The molecule has 0 amide bonds. The zero-order valence-corrected chi connectivity index (χ0v) is 15.5. The van der Waals surface area contributed by atoms with Crippen LogP contribution < -0.4 is 4.90 Å². The Morgan fingerprint density at radius 2 is 1.72 bits per heavy atom. The van der Waals surface area contributed by atoms with E-state index in [1.165, 1.54) is 16.8 Å². The summed E-state index contributed by atoms with van der Waals surface area (Å²) in [6.45, 7) is 10.6. The molecule has 0 spiro atoms. The second-order valence-corrected chi connectivity index (χ2v) is 6.81. The van der Waals surface area contributed by atoms with Gasteiger partial charge in [-0.3, -0.25) is 4.90 Å². The first kappa shape index (κ1) is 18.0. The van der Waals surface area contributed by atoms with Crippen LogP contribution in [0.4, 0.5) is 5.69 Å². The molecule has 0 bridgehead atoms. The largest absolute Gasteiger partial charge is 0.374 e. The summed E-state index contributed by atoms with van der Waals surface area (Å²) in [5.41, 5.74) is 3.99. The SMILES string of the molecule is CCOC(CCN1CCN(c2cccc(C)c2)CC1)c1ccccc1. The lowest BCUT2D eigenvalue weighted by Gasteiger charge is -2.36. The molecule has 25 heavy (non-hydrogen) atoms. The van der Waals surface area contributed by atoms with Crippen LogP contribution >= 0.6 is 0 Å². The van der Waals surface area contributed by atoms with Crippen LogP contribution in [-0.2, 0) is 4.74 Å². The van der Waals surface area contributed by atoms with Gasteiger partial charge in [0, 0.05) is 45.0 Å². The van der Waals surface area contributed by atoms with E-state index in [9.17, 15) is 0 Å². The van der Waals surface area contributed by atoms with Crippen LogP contribution in [-0.4, -0.2) is 44.2 Å². The third kappa shape index (κ3) is 5.07. The quantitative estimate of drug-likeness (QED) is 0.749. The fourth-order valence-electron chi connectivity index (χ4n) is 3.57. The Kier molecular flexibility index (Phi) is 6.48. The summed E-state index contributed by atoms with van der Waals surface area (Å²) in [5, 5.41) is 0. The Balaban J connectivity index is 1.50. The number of ether oxygens (including phenoxy) is 1. The van der Waals surface area contributed by atoms with Gasteiger partial charge in [0.25, 0.3) is 0 Å². The van der Waals surface area contributed by atoms with Crippen molar-refractivity contribution in [2.75, 3.05) is 44.2 Å². The molecule has 1 atom stereocenters. The maximum Gasteiger partial charge on any atom is 0.0837 e. The van der Waals surface area contributed by atoms with Gasteiger partial charge in [-0.2, -0.15) is 0 Å². The molecule has 3 nitrogen and oxygen atoms in total. The van der Waals surface area contributed by atoms with E-state index in [1.54, 1.807) is 0 Å². The van der Waals surface area contributed by atoms with Gasteiger partial charge in [-0.25, -0.2) is 0 Å². The molecule has 1 saturated heterocycles. The van der Waals surface area contributed by atoms with Gasteiger partial charge >= 0.3 is 0 Å². The van der Waals surface area contributed by atoms with E-state index in [1.807, 2.05) is 0 Å². The molecule has 0 saturated carbocycles. The van der Waals surface area contributed by atoms with E-state index < -0.39 is 0 Å². The van der Waals surface area contributed by atoms with Crippen molar-refractivity contribution in [3.63, 3.8) is 0 Å². The van der Waals surface area contributed by atoms with E-state index in [0.29, 0.717) is 0 Å². The first-order chi connectivity index (χ1) is 12.3. The third-order valence-corrected chi connectivity index (χ3v) is 4.99. The van der Waals surface area contributed by atoms with Crippen LogP contribution in [0.25, 0.3) is 0 Å². The topological polar surface area (TPSA) is 15.7 Å². The summed E-state index contributed by atoms with van der Waals surface area (Å²) >= 11 is 0. The lowest BCUT2D eigenvalue weighted by molar-refractivity contribution is 0.0471. The number of aryl methyl sites for hydroxylation is 1. The fourth-order valence-corrected chi connectivity index (χ4v) is 3.57. The smallest absolute Gasteiger partial charge is 0.0837 e. The second kappa shape index (κ2) is 9.02. The van der Waals surface area contributed by atoms with E-state index in [-0.39, 0.29) is 6.10 Å². The van der Waals surface area contributed by atoms with Crippen molar-refractivity contribution >= 4 is 5.69 Å². The molecule has 0 N–H and O–H groups in total. The average molecular weight is 338 g/mol. The van der Waals surface area contributed by atoms with Gasteiger partial charge < -0.3 is 9.64 Å². The molecule has 2 aromatic carbocycles. The van der Waals surface area contributed by atoms with Gasteiger partial charge in [0.2, 0.25) is 0 Å². The minimum atomic E-state index is 0.209. The minimum Gasteiger partial charge on any atom is -0.374 e. The molecule has 1 heterocycles. The van der Waals surface area contributed by atoms with Crippen molar-refractivity contribution in [3.05, 3.63) is 65.7 Å². The van der Waals surface area contributed by atoms with Crippen LogP contribution in [0.5, 0.6) is 0 Å². The number of hydrogen-bond donors (Lipinski definition) is 0. The van der Waals surface area contributed by atoms with E-state index in [2.05, 4.69) is 78.2 Å². The maximum atomic E-state index is 5.99. The zero-order chi connectivity index (χ0) is 17.5. The van der Waals surface area contributed by atoms with Crippen molar-refractivity contribution in [2.24, 2.45) is 0 Å². The van der Waals surface area contributed by atoms with E-state index in [4.69, 9.17) is 4.74 Å². The molecular formula is C22H30N2O. The van der Waals surface area contributed by atoms with Crippen molar-refractivity contribution in [1.29, 1.82) is 0 Å². The molecule has 0 aliphatic carbocycles. The number of benzene rings is 2. The zero-order valence-electron chi connectivity index (χ0n) is 15.5. The first-order valence-corrected chi connectivity index (χ1v) is 9.47. The number of rotatable bonds is 7. The van der Waals surface area contributed by atoms with Crippen molar-refractivity contribution in [1.82, 2.24) is 4.90 Å². The summed E-state index contributed by atoms with van der Waals surface area (Å²) in [6, 6.07) is 19.5. The van der Waals surface area contributed by atoms with Crippen molar-refractivity contribution < 1.29 is 4.74 Å². The summed E-state index contributed by atoms with van der Waals surface area (Å²) in [4.78, 5) is 5.07. The lowest BCUT2D eigenvalue weighted by Crippen LogP contribution is -2.46. The Labute approximate surface area is 152 Å². The molecule has 1 unspecified atom stereocenters. The summed E-state index contributed by atoms with van der Waals surface area (Å²) in [7, 11) is 0. The predicted molar refractivity (Wildman–Crippen MR) is 105 cm³/mol. The third-order valence-electron chi connectivity index (χ3n) is 4.99. The lowest BCUT2D eigenvalue weighted by atomic mass is 10.1. The Morgan fingerprint density at radius 1 is 0.960 bits per heavy atom. The predicted octanol–water partition coefficient (Wildman–Crippen LogP) is 4.28. The van der Waals surface area contributed by atoms with Gasteiger partial charge in [-0.1, -0.05) is 42.5 Å². The Bertz CT molecular complexity index is 635. The monoisotopic (exact) mass is 338 g/mol. The molecule has 3 heteroatoms. The highest BCUT2D eigenvalue weighted by Gasteiger charge is 2.19. The first-order valence-electron chi connectivity index (χ1n) is 9.47. The highest BCUT2D eigenvalue weighted by atomic mass is 16.5. The van der Waals surface area contributed by atoms with Crippen LogP contribution in [0, 0.1) is 6.92 Å². The molecule has 1 aliphatic rings. The molecule has 134 valence electrons. The number of piperazine rings is 1. The highest BCUT2D eigenvalue weighted by Crippen LogP contribution is 2.22. The average Bonchev–Trinajstić information content (AvgIpc) is 2.66. The van der Waals surface area contributed by atoms with Gasteiger partial charge in [0.15, 0.2) is 0 Å². The van der Waals surface area contributed by atoms with Gasteiger partial charge in [0.05, 0.1) is 6.10 Å². The number of anilines is 1. The normalized spacial score (nSPS) is 16.8.